The van der Waals surface area contributed by atoms with E-state index >= 15 is 0 Å². The summed E-state index contributed by atoms with van der Waals surface area (Å²) in [5, 5.41) is 8.86. The molecule has 120 valence electrons. The molecule has 1 aliphatic rings. The van der Waals surface area contributed by atoms with E-state index in [1.807, 2.05) is 13.0 Å². The summed E-state index contributed by atoms with van der Waals surface area (Å²) >= 11 is 0. The molecular formula is C20H27FO. The van der Waals surface area contributed by atoms with Gasteiger partial charge in [-0.2, -0.15) is 0 Å². The van der Waals surface area contributed by atoms with Crippen LogP contribution in [-0.4, -0.2) is 5.11 Å². The Labute approximate surface area is 133 Å². The Bertz CT molecular complexity index is 496. The molecule has 1 fully saturated rings. The lowest BCUT2D eigenvalue weighted by atomic mass is 9.84. The molecule has 2 heteroatoms. The van der Waals surface area contributed by atoms with Gasteiger partial charge in [-0.1, -0.05) is 63.1 Å². The van der Waals surface area contributed by atoms with Crippen molar-refractivity contribution in [2.75, 3.05) is 0 Å². The first kappa shape index (κ1) is 18.2. The van der Waals surface area contributed by atoms with E-state index in [-0.39, 0.29) is 5.82 Å². The highest BCUT2D eigenvalue weighted by molar-refractivity contribution is 5.20. The van der Waals surface area contributed by atoms with Crippen molar-refractivity contribution in [2.45, 2.75) is 51.4 Å². The van der Waals surface area contributed by atoms with Crippen LogP contribution in [0.25, 0.3) is 0 Å². The molecule has 0 aliphatic heterocycles. The monoisotopic (exact) mass is 302 g/mol. The first-order valence-corrected chi connectivity index (χ1v) is 8.10. The molecular weight excluding hydrogens is 275 g/mol. The zero-order valence-electron chi connectivity index (χ0n) is 13.5. The lowest BCUT2D eigenvalue weighted by molar-refractivity contribution is 0.395. The van der Waals surface area contributed by atoms with Gasteiger partial charge in [-0.25, -0.2) is 4.39 Å². The molecule has 22 heavy (non-hydrogen) atoms. The first-order valence-electron chi connectivity index (χ1n) is 8.10. The number of aliphatic hydroxyl groups is 1. The average Bonchev–Trinajstić information content (AvgIpc) is 2.56. The molecule has 0 unspecified atom stereocenters. The van der Waals surface area contributed by atoms with E-state index in [2.05, 4.69) is 12.6 Å². The van der Waals surface area contributed by atoms with Crippen molar-refractivity contribution in [3.63, 3.8) is 0 Å². The minimum atomic E-state index is -0.0944. The van der Waals surface area contributed by atoms with Gasteiger partial charge in [0.2, 0.25) is 0 Å². The topological polar surface area (TPSA) is 20.2 Å². The predicted molar refractivity (Wildman–Crippen MR) is 92.6 cm³/mol. The molecule has 0 amide bonds. The number of allylic oxidation sites excluding steroid dienone is 5. The average molecular weight is 302 g/mol. The summed E-state index contributed by atoms with van der Waals surface area (Å²) in [5.41, 5.74) is 1.19. The van der Waals surface area contributed by atoms with E-state index in [9.17, 15) is 4.39 Å². The van der Waals surface area contributed by atoms with Crippen molar-refractivity contribution < 1.29 is 9.50 Å². The first-order chi connectivity index (χ1) is 10.7. The van der Waals surface area contributed by atoms with Crippen LogP contribution in [0.2, 0.25) is 0 Å². The van der Waals surface area contributed by atoms with Crippen molar-refractivity contribution in [2.24, 2.45) is 0 Å². The quantitative estimate of drug-likeness (QED) is 0.500. The number of benzene rings is 1. The van der Waals surface area contributed by atoms with Gasteiger partial charge in [0.1, 0.15) is 5.82 Å². The summed E-state index contributed by atoms with van der Waals surface area (Å²) in [6.45, 7) is 5.38. The van der Waals surface area contributed by atoms with Crippen LogP contribution < -0.4 is 0 Å². The highest BCUT2D eigenvalue weighted by Crippen LogP contribution is 2.32. The highest BCUT2D eigenvalue weighted by atomic mass is 19.1. The Morgan fingerprint density at radius 2 is 2.00 bits per heavy atom. The smallest absolute Gasteiger partial charge is 0.123 e. The van der Waals surface area contributed by atoms with Gasteiger partial charge < -0.3 is 5.11 Å². The fourth-order valence-corrected chi connectivity index (χ4v) is 2.56. The van der Waals surface area contributed by atoms with Crippen LogP contribution in [0.4, 0.5) is 4.39 Å². The van der Waals surface area contributed by atoms with Crippen molar-refractivity contribution >= 4 is 0 Å². The normalized spacial score (nSPS) is 16.2. The van der Waals surface area contributed by atoms with Gasteiger partial charge in [0.25, 0.3) is 0 Å². The number of hydrogen-bond acceptors (Lipinski definition) is 1. The van der Waals surface area contributed by atoms with Crippen LogP contribution in [0.3, 0.4) is 0 Å². The van der Waals surface area contributed by atoms with Crippen molar-refractivity contribution in [1.82, 2.24) is 0 Å². The summed E-state index contributed by atoms with van der Waals surface area (Å²) in [6.07, 6.45) is 14.0. The molecule has 1 aliphatic carbocycles. The second kappa shape index (κ2) is 10.8. The lowest BCUT2D eigenvalue weighted by Gasteiger charge is -2.21. The molecule has 0 bridgehead atoms. The van der Waals surface area contributed by atoms with Crippen molar-refractivity contribution in [1.29, 1.82) is 0 Å². The molecule has 1 aromatic rings. The zero-order valence-corrected chi connectivity index (χ0v) is 13.5. The maximum Gasteiger partial charge on any atom is 0.123 e. The fourth-order valence-electron chi connectivity index (χ4n) is 2.56. The van der Waals surface area contributed by atoms with Gasteiger partial charge in [0, 0.05) is 6.42 Å². The second-order valence-electron chi connectivity index (χ2n) is 5.52. The van der Waals surface area contributed by atoms with E-state index in [1.54, 1.807) is 30.4 Å². The van der Waals surface area contributed by atoms with Crippen LogP contribution in [0.1, 0.15) is 56.9 Å². The molecule has 0 radical (unpaired) electrons. The third-order valence-electron chi connectivity index (χ3n) is 3.82. The van der Waals surface area contributed by atoms with Crippen LogP contribution in [0.15, 0.2) is 60.9 Å². The van der Waals surface area contributed by atoms with Gasteiger partial charge in [-0.05, 0) is 42.5 Å². The number of hydrogen-bond donors (Lipinski definition) is 1. The van der Waals surface area contributed by atoms with Crippen molar-refractivity contribution in [3.05, 3.63) is 72.3 Å². The molecule has 1 N–H and O–H groups in total. The third-order valence-corrected chi connectivity index (χ3v) is 3.82. The Morgan fingerprint density at radius 3 is 2.59 bits per heavy atom. The molecule has 1 nitrogen and oxygen atoms in total. The van der Waals surface area contributed by atoms with Crippen LogP contribution >= 0.6 is 0 Å². The molecule has 1 aromatic carbocycles. The Morgan fingerprint density at radius 1 is 1.27 bits per heavy atom. The summed E-state index contributed by atoms with van der Waals surface area (Å²) in [5.74, 6) is 0.917. The molecule has 0 spiro atoms. The predicted octanol–water partition coefficient (Wildman–Crippen LogP) is 6.45. The summed E-state index contributed by atoms with van der Waals surface area (Å²) in [6, 6.07) is 7.08. The minimum Gasteiger partial charge on any atom is -0.512 e. The molecule has 0 saturated heterocycles. The maximum absolute atomic E-state index is 12.9. The Balaban J connectivity index is 0.000000239. The third kappa shape index (κ3) is 7.26. The zero-order chi connectivity index (χ0) is 16.2. The molecule has 2 rings (SSSR count). The minimum absolute atomic E-state index is 0.0944. The Hall–Kier alpha value is -1.83. The highest BCUT2D eigenvalue weighted by Gasteiger charge is 2.15. The van der Waals surface area contributed by atoms with E-state index in [0.29, 0.717) is 18.1 Å². The summed E-state index contributed by atoms with van der Waals surface area (Å²) in [4.78, 5) is 0. The number of aliphatic hydroxyl groups excluding tert-OH is 1. The van der Waals surface area contributed by atoms with Crippen LogP contribution in [-0.2, 0) is 0 Å². The van der Waals surface area contributed by atoms with Gasteiger partial charge in [-0.3, -0.25) is 0 Å². The van der Waals surface area contributed by atoms with Crippen LogP contribution in [0, 0.1) is 5.82 Å². The van der Waals surface area contributed by atoms with Crippen LogP contribution in [0.5, 0.6) is 0 Å². The molecule has 0 atom stereocenters. The lowest BCUT2D eigenvalue weighted by Crippen LogP contribution is -2.04. The Kier molecular flexibility index (Phi) is 8.97. The van der Waals surface area contributed by atoms with Gasteiger partial charge in [-0.15, -0.1) is 0 Å². The SMILES string of the molecule is C=C/C=C\C=C(\O)CC.Fc1cccc(C2CCCCC2)c1. The van der Waals surface area contributed by atoms with E-state index in [0.717, 1.165) is 0 Å². The summed E-state index contributed by atoms with van der Waals surface area (Å²) in [7, 11) is 0. The van der Waals surface area contributed by atoms with Gasteiger partial charge >= 0.3 is 0 Å². The fraction of sp³-hybridized carbons (Fsp3) is 0.400. The number of rotatable bonds is 4. The molecule has 0 heterocycles. The molecule has 1 saturated carbocycles. The maximum atomic E-state index is 12.9. The second-order valence-corrected chi connectivity index (χ2v) is 5.52. The van der Waals surface area contributed by atoms with E-state index < -0.39 is 0 Å². The van der Waals surface area contributed by atoms with E-state index in [4.69, 9.17) is 5.11 Å². The molecule has 0 aromatic heterocycles. The van der Waals surface area contributed by atoms with Gasteiger partial charge in [0.05, 0.1) is 5.76 Å². The number of halogens is 1. The standard InChI is InChI=1S/C12H15F.C8H12O/c13-12-8-4-7-11(9-12)10-5-2-1-3-6-10;1-3-5-6-7-8(9)4-2/h4,7-10H,1-3,5-6H2;3,5-7,9H,1,4H2,2H3/b;6-5-,8-7+. The van der Waals surface area contributed by atoms with E-state index in [1.165, 1.54) is 43.7 Å². The van der Waals surface area contributed by atoms with Crippen molar-refractivity contribution in [3.8, 4) is 0 Å². The largest absolute Gasteiger partial charge is 0.512 e. The summed E-state index contributed by atoms with van der Waals surface area (Å²) < 4.78 is 12.9. The van der Waals surface area contributed by atoms with Gasteiger partial charge in [0.15, 0.2) is 0 Å².